The summed E-state index contributed by atoms with van der Waals surface area (Å²) >= 11 is 10.9. The minimum absolute atomic E-state index is 0.266. The van der Waals surface area contributed by atoms with Gasteiger partial charge in [-0.15, -0.1) is 11.3 Å². The van der Waals surface area contributed by atoms with Crippen LogP contribution in [0.2, 0.25) is 5.02 Å². The van der Waals surface area contributed by atoms with Crippen molar-refractivity contribution >= 4 is 60.9 Å². The van der Waals surface area contributed by atoms with Crippen LogP contribution in [0.4, 0.5) is 5.13 Å². The van der Waals surface area contributed by atoms with Gasteiger partial charge in [-0.2, -0.15) is 0 Å². The Morgan fingerprint density at radius 3 is 2.88 bits per heavy atom. The number of hydrogen-bond acceptors (Lipinski definition) is 4. The molecule has 0 aliphatic rings. The van der Waals surface area contributed by atoms with E-state index < -0.39 is 0 Å². The van der Waals surface area contributed by atoms with Gasteiger partial charge in [0, 0.05) is 27.4 Å². The summed E-state index contributed by atoms with van der Waals surface area (Å²) in [6.07, 6.45) is 2.46. The number of carbonyl (C=O) groups excluding carboxylic acids is 1. The Morgan fingerprint density at radius 1 is 1.23 bits per heavy atom. The number of para-hydroxylation sites is 1. The molecule has 26 heavy (non-hydrogen) atoms. The molecule has 0 bridgehead atoms. The molecule has 0 saturated heterocycles. The van der Waals surface area contributed by atoms with Crippen LogP contribution in [0.1, 0.15) is 21.0 Å². The Bertz CT molecular complexity index is 1070. The molecule has 0 aliphatic carbocycles. The smallest absolute Gasteiger partial charge is 0.293 e. The van der Waals surface area contributed by atoms with Gasteiger partial charge in [0.15, 0.2) is 10.9 Å². The summed E-state index contributed by atoms with van der Waals surface area (Å²) in [7, 11) is 0. The maximum Gasteiger partial charge on any atom is 0.293 e. The Kier molecular flexibility index (Phi) is 4.80. The molecule has 0 spiro atoms. The van der Waals surface area contributed by atoms with Crippen LogP contribution in [0.25, 0.3) is 11.0 Å². The lowest BCUT2D eigenvalue weighted by molar-refractivity contribution is 0.0998. The van der Waals surface area contributed by atoms with Crippen LogP contribution < -0.4 is 5.32 Å². The highest BCUT2D eigenvalue weighted by Crippen LogP contribution is 2.27. The molecule has 2 aromatic carbocycles. The van der Waals surface area contributed by atoms with Crippen molar-refractivity contribution in [2.24, 2.45) is 0 Å². The summed E-state index contributed by atoms with van der Waals surface area (Å²) in [6.45, 7) is 0. The quantitative estimate of drug-likeness (QED) is 0.408. The molecule has 4 aromatic rings. The Hall–Kier alpha value is -2.15. The van der Waals surface area contributed by atoms with Crippen molar-refractivity contribution in [1.29, 1.82) is 0 Å². The first-order valence-electron chi connectivity index (χ1n) is 7.77. The lowest BCUT2D eigenvalue weighted by Crippen LogP contribution is -2.10. The second-order valence-corrected chi connectivity index (χ2v) is 8.04. The summed E-state index contributed by atoms with van der Waals surface area (Å²) in [5.74, 6) is -0.0450. The molecule has 0 radical (unpaired) electrons. The van der Waals surface area contributed by atoms with E-state index in [1.54, 1.807) is 12.3 Å². The molecule has 130 valence electrons. The third-order valence-electron chi connectivity index (χ3n) is 3.79. The number of amides is 1. The molecule has 1 amide bonds. The molecule has 4 nitrogen and oxygen atoms in total. The topological polar surface area (TPSA) is 55.1 Å². The van der Waals surface area contributed by atoms with Crippen molar-refractivity contribution in [1.82, 2.24) is 4.98 Å². The largest absolute Gasteiger partial charge is 0.451 e. The maximum absolute atomic E-state index is 12.4. The number of hydrogen-bond donors (Lipinski definition) is 1. The molecule has 7 heteroatoms. The normalized spacial score (nSPS) is 11.0. The van der Waals surface area contributed by atoms with Crippen LogP contribution in [0.3, 0.4) is 0 Å². The third kappa shape index (κ3) is 3.67. The average molecular weight is 448 g/mol. The van der Waals surface area contributed by atoms with E-state index in [1.165, 1.54) is 11.3 Å². The van der Waals surface area contributed by atoms with Crippen LogP contribution in [0.15, 0.2) is 63.6 Å². The summed E-state index contributed by atoms with van der Waals surface area (Å²) in [5.41, 5.74) is 1.77. The molecule has 0 atom stereocenters. The first-order chi connectivity index (χ1) is 12.6. The molecule has 0 unspecified atom stereocenters. The fraction of sp³-hybridized carbons (Fsp3) is 0.0526. The van der Waals surface area contributed by atoms with Crippen molar-refractivity contribution in [3.8, 4) is 0 Å². The van der Waals surface area contributed by atoms with Crippen molar-refractivity contribution in [3.05, 3.63) is 80.4 Å². The van der Waals surface area contributed by atoms with Crippen LogP contribution in [-0.2, 0) is 6.42 Å². The fourth-order valence-corrected chi connectivity index (χ4v) is 3.84. The molecule has 4 rings (SSSR count). The zero-order chi connectivity index (χ0) is 18.1. The molecule has 0 aliphatic heterocycles. The number of benzene rings is 2. The van der Waals surface area contributed by atoms with Gasteiger partial charge in [-0.05, 0) is 45.8 Å². The van der Waals surface area contributed by atoms with E-state index in [4.69, 9.17) is 16.0 Å². The summed E-state index contributed by atoms with van der Waals surface area (Å²) in [6, 6.07) is 15.1. The number of anilines is 1. The second-order valence-electron chi connectivity index (χ2n) is 5.66. The second kappa shape index (κ2) is 7.23. The Labute approximate surface area is 166 Å². The van der Waals surface area contributed by atoms with Gasteiger partial charge < -0.3 is 4.42 Å². The van der Waals surface area contributed by atoms with E-state index in [9.17, 15) is 4.79 Å². The molecule has 0 fully saturated rings. The van der Waals surface area contributed by atoms with E-state index in [1.807, 2.05) is 42.5 Å². The monoisotopic (exact) mass is 446 g/mol. The van der Waals surface area contributed by atoms with Gasteiger partial charge in [-0.1, -0.05) is 35.9 Å². The highest BCUT2D eigenvalue weighted by atomic mass is 79.9. The summed E-state index contributed by atoms with van der Waals surface area (Å²) in [5, 5.41) is 4.89. The van der Waals surface area contributed by atoms with Gasteiger partial charge in [0.05, 0.1) is 5.02 Å². The third-order valence-corrected chi connectivity index (χ3v) is 5.93. The SMILES string of the molecule is O=C(Nc1ncc(Cc2ccc(Br)c(Cl)c2)s1)c1cc2ccccc2o1. The zero-order valence-electron chi connectivity index (χ0n) is 13.3. The Morgan fingerprint density at radius 2 is 2.08 bits per heavy atom. The number of thiazole rings is 1. The molecule has 1 N–H and O–H groups in total. The highest BCUT2D eigenvalue weighted by molar-refractivity contribution is 9.10. The number of halogens is 2. The predicted octanol–water partition coefficient (Wildman–Crippen LogP) is 6.15. The van der Waals surface area contributed by atoms with Crippen molar-refractivity contribution in [3.63, 3.8) is 0 Å². The number of aromatic nitrogens is 1. The van der Waals surface area contributed by atoms with Crippen LogP contribution in [0.5, 0.6) is 0 Å². The van der Waals surface area contributed by atoms with E-state index in [2.05, 4.69) is 26.2 Å². The predicted molar refractivity (Wildman–Crippen MR) is 108 cm³/mol. The van der Waals surface area contributed by atoms with Gasteiger partial charge in [-0.25, -0.2) is 4.98 Å². The van der Waals surface area contributed by atoms with Gasteiger partial charge in [-0.3, -0.25) is 10.1 Å². The minimum atomic E-state index is -0.311. The average Bonchev–Trinajstić information content (AvgIpc) is 3.25. The first kappa shape index (κ1) is 17.3. The molecule has 0 saturated carbocycles. The molecule has 2 heterocycles. The van der Waals surface area contributed by atoms with Crippen molar-refractivity contribution in [2.45, 2.75) is 6.42 Å². The summed E-state index contributed by atoms with van der Waals surface area (Å²) < 4.78 is 6.44. The highest BCUT2D eigenvalue weighted by Gasteiger charge is 2.14. The lowest BCUT2D eigenvalue weighted by Gasteiger charge is -2.01. The van der Waals surface area contributed by atoms with E-state index in [-0.39, 0.29) is 11.7 Å². The van der Waals surface area contributed by atoms with E-state index >= 15 is 0 Å². The van der Waals surface area contributed by atoms with Gasteiger partial charge in [0.1, 0.15) is 5.58 Å². The standard InChI is InChI=1S/C19H12BrClN2O2S/c20-14-6-5-11(8-15(14)21)7-13-10-22-19(26-13)23-18(24)17-9-12-3-1-2-4-16(12)25-17/h1-6,8-10H,7H2,(H,22,23,24). The number of nitrogens with zero attached hydrogens (tertiary/aromatic N) is 1. The Balaban J connectivity index is 1.47. The number of rotatable bonds is 4. The van der Waals surface area contributed by atoms with Crippen molar-refractivity contribution in [2.75, 3.05) is 5.32 Å². The van der Waals surface area contributed by atoms with Gasteiger partial charge in [0.25, 0.3) is 5.91 Å². The maximum atomic E-state index is 12.4. The lowest BCUT2D eigenvalue weighted by atomic mass is 10.1. The fourth-order valence-electron chi connectivity index (χ4n) is 2.55. The van der Waals surface area contributed by atoms with E-state index in [0.29, 0.717) is 22.2 Å². The molecular weight excluding hydrogens is 436 g/mol. The summed E-state index contributed by atoms with van der Waals surface area (Å²) in [4.78, 5) is 17.7. The van der Waals surface area contributed by atoms with E-state index in [0.717, 1.165) is 20.3 Å². The number of nitrogens with one attached hydrogen (secondary N) is 1. The van der Waals surface area contributed by atoms with Crippen LogP contribution >= 0.6 is 38.9 Å². The number of carbonyl (C=O) groups is 1. The molecule has 2 aromatic heterocycles. The molecular formula is C19H12BrClN2O2S. The minimum Gasteiger partial charge on any atom is -0.451 e. The number of furan rings is 1. The number of fused-ring (bicyclic) bond motifs is 1. The van der Waals surface area contributed by atoms with Crippen LogP contribution in [-0.4, -0.2) is 10.9 Å². The van der Waals surface area contributed by atoms with Gasteiger partial charge in [0.2, 0.25) is 0 Å². The van der Waals surface area contributed by atoms with Gasteiger partial charge >= 0.3 is 0 Å². The zero-order valence-corrected chi connectivity index (χ0v) is 16.5. The van der Waals surface area contributed by atoms with Crippen LogP contribution in [0, 0.1) is 0 Å². The first-order valence-corrected chi connectivity index (χ1v) is 9.76. The van der Waals surface area contributed by atoms with Crippen molar-refractivity contribution < 1.29 is 9.21 Å².